The van der Waals surface area contributed by atoms with E-state index in [1.807, 2.05) is 134 Å². The van der Waals surface area contributed by atoms with E-state index >= 15 is 0 Å². The van der Waals surface area contributed by atoms with Crippen LogP contribution in [-0.4, -0.2) is 13.1 Å². The van der Waals surface area contributed by atoms with E-state index in [1.54, 1.807) is 0 Å². The number of aromatic nitrogens is 2. The number of nitrogens with zero attached hydrogens (tertiary/aromatic N) is 4. The van der Waals surface area contributed by atoms with Crippen LogP contribution in [0.15, 0.2) is 166 Å². The monoisotopic (exact) mass is 718 g/mol. The summed E-state index contributed by atoms with van der Waals surface area (Å²) in [6, 6.07) is 32.4. The fourth-order valence-electron chi connectivity index (χ4n) is 6.69. The Hall–Kier alpha value is -6.54. The number of fused-ring (bicyclic) bond motifs is 4. The number of benzene rings is 4. The number of ether oxygens (including phenoxy) is 2. The van der Waals surface area contributed by atoms with Gasteiger partial charge in [-0.2, -0.15) is 9.13 Å². The molecule has 0 saturated carbocycles. The van der Waals surface area contributed by atoms with Gasteiger partial charge in [0.2, 0.25) is 22.9 Å². The van der Waals surface area contributed by atoms with Crippen molar-refractivity contribution in [3.05, 3.63) is 169 Å². The van der Waals surface area contributed by atoms with Crippen LogP contribution in [0.3, 0.4) is 0 Å². The van der Waals surface area contributed by atoms with Gasteiger partial charge in [0.25, 0.3) is 11.0 Å². The van der Waals surface area contributed by atoms with Crippen LogP contribution in [-0.2, 0) is 13.1 Å². The minimum absolute atomic E-state index is 0.843. The van der Waals surface area contributed by atoms with E-state index < -0.39 is 0 Å². The molecular formula is C46H46N4O4+2. The van der Waals surface area contributed by atoms with Gasteiger partial charge in [0.05, 0.1) is 23.5 Å². The second-order valence-electron chi connectivity index (χ2n) is 12.4. The highest BCUT2D eigenvalue weighted by atomic mass is 16.5. The van der Waals surface area contributed by atoms with Gasteiger partial charge in [-0.25, -0.2) is 0 Å². The quantitative estimate of drug-likeness (QED) is 0.104. The molecule has 0 aliphatic carbocycles. The van der Waals surface area contributed by atoms with E-state index in [-0.39, 0.29) is 0 Å². The first-order valence-corrected chi connectivity index (χ1v) is 18.6. The van der Waals surface area contributed by atoms with Gasteiger partial charge in [-0.3, -0.25) is 0 Å². The average Bonchev–Trinajstić information content (AvgIpc) is 3.96. The number of hydrogen-bond acceptors (Lipinski definition) is 6. The summed E-state index contributed by atoms with van der Waals surface area (Å²) in [5.74, 6) is 5.18. The summed E-state index contributed by atoms with van der Waals surface area (Å²) in [5, 5.41) is 0. The summed E-state index contributed by atoms with van der Waals surface area (Å²) >= 11 is 0. The maximum Gasteiger partial charge on any atom is 0.374 e. The summed E-state index contributed by atoms with van der Waals surface area (Å²) in [7, 11) is 0. The Morgan fingerprint density at radius 3 is 1.31 bits per heavy atom. The minimum atomic E-state index is 0.843. The molecule has 8 nitrogen and oxygen atoms in total. The number of para-hydroxylation sites is 8. The highest BCUT2D eigenvalue weighted by molar-refractivity contribution is 5.71. The predicted octanol–water partition coefficient (Wildman–Crippen LogP) is 10.1. The van der Waals surface area contributed by atoms with Gasteiger partial charge in [-0.05, 0) is 76.2 Å². The molecular weight excluding hydrogens is 673 g/mol. The molecule has 0 N–H and O–H groups in total. The van der Waals surface area contributed by atoms with Crippen LogP contribution in [0.2, 0.25) is 0 Å². The van der Waals surface area contributed by atoms with Gasteiger partial charge in [0, 0.05) is 25.2 Å². The Labute approximate surface area is 316 Å². The van der Waals surface area contributed by atoms with Crippen molar-refractivity contribution in [2.24, 2.45) is 0 Å². The summed E-state index contributed by atoms with van der Waals surface area (Å²) < 4.78 is 28.1. The van der Waals surface area contributed by atoms with Gasteiger partial charge < -0.3 is 28.1 Å². The first-order valence-electron chi connectivity index (χ1n) is 18.6. The van der Waals surface area contributed by atoms with Gasteiger partial charge in [0.1, 0.15) is 13.1 Å². The fraction of sp³-hybridized carbons (Fsp3) is 0.174. The lowest BCUT2D eigenvalue weighted by Gasteiger charge is -2.14. The van der Waals surface area contributed by atoms with Crippen LogP contribution in [0.25, 0.3) is 34.4 Å². The van der Waals surface area contributed by atoms with E-state index in [4.69, 9.17) is 18.3 Å². The smallest absolute Gasteiger partial charge is 0.374 e. The lowest BCUT2D eigenvalue weighted by atomic mass is 10.3. The zero-order valence-corrected chi connectivity index (χ0v) is 31.3. The Bertz CT molecular complexity index is 2260. The molecule has 0 bridgehead atoms. The van der Waals surface area contributed by atoms with Crippen molar-refractivity contribution in [2.75, 3.05) is 22.9 Å². The molecule has 0 amide bonds. The zero-order chi connectivity index (χ0) is 37.3. The van der Waals surface area contributed by atoms with E-state index in [1.165, 1.54) is 0 Å². The average molecular weight is 719 g/mol. The molecule has 2 aliphatic heterocycles. The number of allylic oxidation sites excluding steroid dienone is 8. The highest BCUT2D eigenvalue weighted by Gasteiger charge is 2.25. The van der Waals surface area contributed by atoms with Gasteiger partial charge in [0.15, 0.2) is 11.5 Å². The van der Waals surface area contributed by atoms with Crippen molar-refractivity contribution in [1.29, 1.82) is 0 Å². The van der Waals surface area contributed by atoms with Gasteiger partial charge >= 0.3 is 11.8 Å². The number of oxazole rings is 2. The summed E-state index contributed by atoms with van der Waals surface area (Å²) in [5.41, 5.74) is 6.26. The summed E-state index contributed by atoms with van der Waals surface area (Å²) in [6.07, 6.45) is 19.9. The number of rotatable bonds is 10. The molecule has 272 valence electrons. The Kier molecular flexibility index (Phi) is 11.2. The Balaban J connectivity index is 0.000000167. The van der Waals surface area contributed by atoms with E-state index in [0.717, 1.165) is 94.8 Å². The second-order valence-corrected chi connectivity index (χ2v) is 12.4. The fourth-order valence-corrected chi connectivity index (χ4v) is 6.69. The summed E-state index contributed by atoms with van der Waals surface area (Å²) in [4.78, 5) is 4.32. The van der Waals surface area contributed by atoms with Crippen molar-refractivity contribution in [3.63, 3.8) is 0 Å². The molecule has 54 heavy (non-hydrogen) atoms. The molecule has 8 rings (SSSR count). The molecule has 0 unspecified atom stereocenters. The van der Waals surface area contributed by atoms with Crippen molar-refractivity contribution < 1.29 is 27.4 Å². The van der Waals surface area contributed by atoms with Gasteiger partial charge in [-0.1, -0.05) is 85.0 Å². The molecule has 0 spiro atoms. The molecule has 4 heterocycles. The minimum Gasteiger partial charge on any atom is -0.439 e. The Morgan fingerprint density at radius 2 is 0.889 bits per heavy atom. The molecule has 0 fully saturated rings. The molecule has 0 radical (unpaired) electrons. The molecule has 6 aromatic rings. The number of hydrogen-bond donors (Lipinski definition) is 0. The van der Waals surface area contributed by atoms with Crippen LogP contribution in [0.1, 0.15) is 39.5 Å². The standard InChI is InChI=1S/2C23H23N2O2/c2*1-3-24-18-12-8-10-14-20(18)26-22(24)16-6-5-7-17-23-25(4-2)19-13-9-11-15-21(19)27-23/h2*5-17H,3-4H2,1-2H3/q2*+1. The second kappa shape index (κ2) is 16.9. The van der Waals surface area contributed by atoms with Crippen LogP contribution in [0, 0.1) is 0 Å². The third-order valence-corrected chi connectivity index (χ3v) is 9.21. The predicted molar refractivity (Wildman–Crippen MR) is 217 cm³/mol. The molecule has 0 atom stereocenters. The SMILES string of the molecule is CCN1/C(=C/C=C/C=C/c2oc3ccccc3[n+]2CC)Oc2ccccc21.CCN1\C(=C/C=C\C=C\c2oc3ccccc3[n+]2CC)Oc2ccccc21. The lowest BCUT2D eigenvalue weighted by Crippen LogP contribution is -2.33. The third kappa shape index (κ3) is 7.50. The van der Waals surface area contributed by atoms with Crippen molar-refractivity contribution >= 4 is 45.7 Å². The molecule has 8 heteroatoms. The van der Waals surface area contributed by atoms with E-state index in [2.05, 4.69) is 70.9 Å². The first-order chi connectivity index (χ1) is 26.6. The third-order valence-electron chi connectivity index (χ3n) is 9.21. The van der Waals surface area contributed by atoms with Gasteiger partial charge in [-0.15, -0.1) is 0 Å². The summed E-state index contributed by atoms with van der Waals surface area (Å²) in [6.45, 7) is 11.9. The molecule has 0 saturated heterocycles. The van der Waals surface area contributed by atoms with Crippen molar-refractivity contribution in [1.82, 2.24) is 0 Å². The topological polar surface area (TPSA) is 59.0 Å². The lowest BCUT2D eigenvalue weighted by molar-refractivity contribution is -0.674. The zero-order valence-electron chi connectivity index (χ0n) is 31.3. The van der Waals surface area contributed by atoms with Crippen molar-refractivity contribution in [3.8, 4) is 11.5 Å². The van der Waals surface area contributed by atoms with E-state index in [0.29, 0.717) is 0 Å². The normalized spacial score (nSPS) is 15.3. The van der Waals surface area contributed by atoms with Crippen molar-refractivity contribution in [2.45, 2.75) is 40.8 Å². The molecule has 2 aliphatic rings. The maximum atomic E-state index is 5.94. The first kappa shape index (κ1) is 35.8. The Morgan fingerprint density at radius 1 is 0.481 bits per heavy atom. The van der Waals surface area contributed by atoms with Crippen LogP contribution < -0.4 is 28.4 Å². The van der Waals surface area contributed by atoms with Crippen LogP contribution in [0.5, 0.6) is 11.5 Å². The highest BCUT2D eigenvalue weighted by Crippen LogP contribution is 2.39. The molecule has 2 aromatic heterocycles. The van der Waals surface area contributed by atoms with Crippen LogP contribution >= 0.6 is 0 Å². The largest absolute Gasteiger partial charge is 0.439 e. The maximum absolute atomic E-state index is 5.94. The number of anilines is 2. The number of aryl methyl sites for hydroxylation is 2. The van der Waals surface area contributed by atoms with E-state index in [9.17, 15) is 0 Å². The van der Waals surface area contributed by atoms with Crippen LogP contribution in [0.4, 0.5) is 11.4 Å². The molecule has 4 aromatic carbocycles.